The third-order valence-electron chi connectivity index (χ3n) is 5.65. The van der Waals surface area contributed by atoms with Gasteiger partial charge in [0.15, 0.2) is 0 Å². The van der Waals surface area contributed by atoms with E-state index in [0.717, 1.165) is 60.3 Å². The standard InChI is InChI=1S/C22H28ClN3O3S2.C5H4O3/c23-17-5-2-1-4-15(17)8-10-24-9-3-12-30-13-11-25-14-19(28)16-6-7-18(27)20-21(16)31-22(29)26-20;6-5(7)4-1-2-8-3-4/h1-2,4-7,19,24-25,27-28H,3,8-14H2,(H,26,29);1-3H,(H,6,7)/t19-;/m0./s1. The lowest BCUT2D eigenvalue weighted by molar-refractivity contribution is 0.0696. The molecule has 12 heteroatoms. The number of aromatic carboxylic acids is 1. The largest absolute Gasteiger partial charge is 0.506 e. The molecule has 2 aromatic heterocycles. The van der Waals surface area contributed by atoms with Gasteiger partial charge >= 0.3 is 10.8 Å². The first-order valence-electron chi connectivity index (χ1n) is 12.4. The van der Waals surface area contributed by atoms with E-state index >= 15 is 0 Å². The molecule has 0 aliphatic heterocycles. The molecule has 0 unspecified atom stereocenters. The number of H-pyrrole nitrogens is 1. The average Bonchev–Trinajstić information content (AvgIpc) is 3.59. The molecule has 0 amide bonds. The predicted molar refractivity (Wildman–Crippen MR) is 158 cm³/mol. The molecule has 0 bridgehead atoms. The fraction of sp³-hybridized carbons (Fsp3) is 0.333. The molecule has 0 fully saturated rings. The number of aliphatic hydroxyl groups is 1. The van der Waals surface area contributed by atoms with Gasteiger partial charge in [0, 0.05) is 29.4 Å². The van der Waals surface area contributed by atoms with Gasteiger partial charge < -0.3 is 35.4 Å². The number of phenols is 1. The highest BCUT2D eigenvalue weighted by atomic mass is 35.5. The Hall–Kier alpha value is -2.80. The normalized spacial score (nSPS) is 11.7. The van der Waals surface area contributed by atoms with Crippen LogP contribution in [0.25, 0.3) is 10.2 Å². The molecule has 210 valence electrons. The Morgan fingerprint density at radius 1 is 1.10 bits per heavy atom. The number of phenolic OH excluding ortho intramolecular Hbond substituents is 1. The zero-order chi connectivity index (χ0) is 28.0. The van der Waals surface area contributed by atoms with Crippen molar-refractivity contribution < 1.29 is 24.5 Å². The number of thiazole rings is 1. The maximum absolute atomic E-state index is 11.6. The molecule has 39 heavy (non-hydrogen) atoms. The molecule has 0 aliphatic carbocycles. The van der Waals surface area contributed by atoms with Crippen molar-refractivity contribution >= 4 is 50.9 Å². The minimum atomic E-state index is -0.959. The number of benzene rings is 2. The van der Waals surface area contributed by atoms with Crippen LogP contribution in [-0.2, 0) is 6.42 Å². The number of carboxylic acids is 1. The fourth-order valence-electron chi connectivity index (χ4n) is 3.63. The summed E-state index contributed by atoms with van der Waals surface area (Å²) in [5.41, 5.74) is 2.41. The molecule has 4 rings (SSSR count). The summed E-state index contributed by atoms with van der Waals surface area (Å²) < 4.78 is 5.10. The lowest BCUT2D eigenvalue weighted by Gasteiger charge is -2.13. The summed E-state index contributed by atoms with van der Waals surface area (Å²) in [6.07, 6.45) is 3.81. The highest BCUT2D eigenvalue weighted by molar-refractivity contribution is 7.99. The Morgan fingerprint density at radius 2 is 1.92 bits per heavy atom. The maximum atomic E-state index is 11.6. The van der Waals surface area contributed by atoms with Crippen molar-refractivity contribution in [2.75, 3.05) is 37.7 Å². The van der Waals surface area contributed by atoms with Gasteiger partial charge in [0.1, 0.15) is 17.5 Å². The van der Waals surface area contributed by atoms with Crippen molar-refractivity contribution in [1.82, 2.24) is 15.6 Å². The Balaban J connectivity index is 0.000000449. The quantitative estimate of drug-likeness (QED) is 0.116. The summed E-state index contributed by atoms with van der Waals surface area (Å²) in [5, 5.41) is 36.1. The van der Waals surface area contributed by atoms with Gasteiger partial charge in [-0.2, -0.15) is 11.8 Å². The number of rotatable bonds is 14. The molecule has 0 radical (unpaired) electrons. The molecule has 1 atom stereocenters. The minimum absolute atomic E-state index is 0.0204. The average molecular weight is 594 g/mol. The van der Waals surface area contributed by atoms with E-state index in [2.05, 4.69) is 26.1 Å². The van der Waals surface area contributed by atoms with Gasteiger partial charge in [-0.15, -0.1) is 0 Å². The minimum Gasteiger partial charge on any atom is -0.506 e. The molecular weight excluding hydrogens is 562 g/mol. The summed E-state index contributed by atoms with van der Waals surface area (Å²) in [5.74, 6) is 1.11. The van der Waals surface area contributed by atoms with Crippen LogP contribution in [0.15, 0.2) is 64.2 Å². The van der Waals surface area contributed by atoms with E-state index in [-0.39, 0.29) is 16.2 Å². The van der Waals surface area contributed by atoms with Crippen molar-refractivity contribution in [1.29, 1.82) is 0 Å². The van der Waals surface area contributed by atoms with E-state index in [1.165, 1.54) is 30.2 Å². The van der Waals surface area contributed by atoms with E-state index in [9.17, 15) is 19.8 Å². The lowest BCUT2D eigenvalue weighted by Crippen LogP contribution is -2.24. The van der Waals surface area contributed by atoms with E-state index in [1.54, 1.807) is 6.07 Å². The first-order valence-corrected chi connectivity index (χ1v) is 14.7. The highest BCUT2D eigenvalue weighted by Crippen LogP contribution is 2.31. The van der Waals surface area contributed by atoms with Crippen molar-refractivity contribution in [3.8, 4) is 5.75 Å². The fourth-order valence-corrected chi connectivity index (χ4v) is 5.62. The number of furan rings is 1. The monoisotopic (exact) mass is 593 g/mol. The highest BCUT2D eigenvalue weighted by Gasteiger charge is 2.15. The van der Waals surface area contributed by atoms with E-state index in [0.29, 0.717) is 22.3 Å². The van der Waals surface area contributed by atoms with Crippen LogP contribution in [0.4, 0.5) is 0 Å². The maximum Gasteiger partial charge on any atom is 0.338 e. The van der Waals surface area contributed by atoms with Crippen LogP contribution in [0.5, 0.6) is 5.75 Å². The van der Waals surface area contributed by atoms with Crippen LogP contribution >= 0.6 is 34.7 Å². The Labute approximate surface area is 239 Å². The number of halogens is 1. The van der Waals surface area contributed by atoms with E-state index in [4.69, 9.17) is 16.7 Å². The Kier molecular flexibility index (Phi) is 12.9. The van der Waals surface area contributed by atoms with Crippen LogP contribution in [0, 0.1) is 0 Å². The zero-order valence-electron chi connectivity index (χ0n) is 21.2. The summed E-state index contributed by atoms with van der Waals surface area (Å²) in [6.45, 7) is 3.11. The van der Waals surface area contributed by atoms with Crippen LogP contribution in [0.2, 0.25) is 5.02 Å². The Morgan fingerprint density at radius 3 is 2.64 bits per heavy atom. The van der Waals surface area contributed by atoms with Crippen LogP contribution in [-0.4, -0.2) is 64.0 Å². The molecule has 2 heterocycles. The number of hydrogen-bond acceptors (Lipinski definition) is 9. The number of aromatic nitrogens is 1. The van der Waals surface area contributed by atoms with Gasteiger partial charge in [-0.25, -0.2) is 4.79 Å². The van der Waals surface area contributed by atoms with Gasteiger partial charge in [0.05, 0.1) is 22.6 Å². The second-order valence-corrected chi connectivity index (χ2v) is 11.1. The van der Waals surface area contributed by atoms with Crippen molar-refractivity contribution in [3.05, 3.63) is 86.4 Å². The molecule has 4 aromatic rings. The number of aromatic amines is 1. The van der Waals surface area contributed by atoms with Crippen molar-refractivity contribution in [2.45, 2.75) is 18.9 Å². The molecule has 2 aromatic carbocycles. The summed E-state index contributed by atoms with van der Waals surface area (Å²) in [4.78, 5) is 23.9. The summed E-state index contributed by atoms with van der Waals surface area (Å²) >= 11 is 9.04. The molecule has 0 saturated heterocycles. The van der Waals surface area contributed by atoms with E-state index < -0.39 is 12.1 Å². The van der Waals surface area contributed by atoms with Crippen molar-refractivity contribution in [3.63, 3.8) is 0 Å². The number of carbonyl (C=O) groups is 1. The third kappa shape index (κ3) is 10.0. The predicted octanol–water partition coefficient (Wildman–Crippen LogP) is 4.51. The van der Waals surface area contributed by atoms with E-state index in [1.807, 2.05) is 30.0 Å². The number of nitrogens with one attached hydrogen (secondary N) is 3. The summed E-state index contributed by atoms with van der Waals surface area (Å²) in [6, 6.07) is 12.5. The van der Waals surface area contributed by atoms with Crippen LogP contribution in [0.1, 0.15) is 34.0 Å². The van der Waals surface area contributed by atoms with Gasteiger partial charge in [-0.1, -0.05) is 47.2 Å². The number of carboxylic acid groups (broad SMARTS) is 1. The molecule has 0 saturated carbocycles. The van der Waals surface area contributed by atoms with Gasteiger partial charge in [-0.3, -0.25) is 4.79 Å². The Bertz CT molecular complexity index is 1360. The number of aliphatic hydroxyl groups excluding tert-OH is 1. The molecule has 0 spiro atoms. The summed E-state index contributed by atoms with van der Waals surface area (Å²) in [7, 11) is 0. The van der Waals surface area contributed by atoms with Crippen LogP contribution < -0.4 is 15.5 Å². The smallest absolute Gasteiger partial charge is 0.338 e. The number of hydrogen-bond donors (Lipinski definition) is 6. The van der Waals surface area contributed by atoms with Gasteiger partial charge in [0.2, 0.25) is 0 Å². The SMILES string of the molecule is O=C(O)c1ccoc1.O=c1[nH]c2c(O)ccc([C@@H](O)CNCCSCCCNCCc3ccccc3Cl)c2s1. The van der Waals surface area contributed by atoms with Gasteiger partial charge in [-0.05, 0) is 55.4 Å². The molecular formula is C27H32ClN3O6S2. The molecule has 0 aliphatic rings. The zero-order valence-corrected chi connectivity index (χ0v) is 23.6. The first-order chi connectivity index (χ1) is 18.9. The number of aromatic hydroxyl groups is 1. The third-order valence-corrected chi connectivity index (χ3v) is 8.02. The second-order valence-electron chi connectivity index (χ2n) is 8.49. The first kappa shape index (κ1) is 30.7. The topological polar surface area (TPSA) is 148 Å². The molecule has 6 N–H and O–H groups in total. The second kappa shape index (κ2) is 16.3. The van der Waals surface area contributed by atoms with Crippen molar-refractivity contribution in [2.24, 2.45) is 0 Å². The number of thioether (sulfide) groups is 1. The van der Waals surface area contributed by atoms with Gasteiger partial charge in [0.25, 0.3) is 0 Å². The van der Waals surface area contributed by atoms with Crippen LogP contribution in [0.3, 0.4) is 0 Å². The molecule has 9 nitrogen and oxygen atoms in total. The lowest BCUT2D eigenvalue weighted by atomic mass is 10.1. The number of fused-ring (bicyclic) bond motifs is 1.